The number of fused-ring (bicyclic) bond motifs is 1. The predicted molar refractivity (Wildman–Crippen MR) is 124 cm³/mol. The van der Waals surface area contributed by atoms with E-state index < -0.39 is 12.0 Å². The van der Waals surface area contributed by atoms with E-state index in [1.165, 1.54) is 23.4 Å². The van der Waals surface area contributed by atoms with Gasteiger partial charge in [0.05, 0.1) is 11.7 Å². The maximum Gasteiger partial charge on any atom is 0.253 e. The monoisotopic (exact) mass is 472 g/mol. The van der Waals surface area contributed by atoms with Crippen LogP contribution in [-0.2, 0) is 17.8 Å². The van der Waals surface area contributed by atoms with Crippen molar-refractivity contribution in [2.24, 2.45) is 0 Å². The number of nitrogens with one attached hydrogen (secondary N) is 2. The third kappa shape index (κ3) is 5.63. The number of nitrogens with zero attached hydrogens (tertiary/aromatic N) is 2. The zero-order chi connectivity index (χ0) is 23.4. The van der Waals surface area contributed by atoms with Gasteiger partial charge in [0, 0.05) is 58.2 Å². The van der Waals surface area contributed by atoms with Gasteiger partial charge in [-0.15, -0.1) is 0 Å². The smallest absolute Gasteiger partial charge is 0.253 e. The van der Waals surface area contributed by atoms with Crippen LogP contribution in [0.1, 0.15) is 41.3 Å². The van der Waals surface area contributed by atoms with Crippen molar-refractivity contribution in [1.29, 1.82) is 0 Å². The van der Waals surface area contributed by atoms with Crippen LogP contribution in [0.3, 0.4) is 0 Å². The van der Waals surface area contributed by atoms with E-state index in [0.717, 1.165) is 0 Å². The third-order valence-corrected chi connectivity index (χ3v) is 6.68. The molecule has 2 aromatic rings. The van der Waals surface area contributed by atoms with Crippen LogP contribution in [0, 0.1) is 0 Å². The molecule has 2 aliphatic heterocycles. The quantitative estimate of drug-likeness (QED) is 0.593. The molecule has 1 aromatic carbocycles. The van der Waals surface area contributed by atoms with Crippen molar-refractivity contribution in [2.75, 3.05) is 19.6 Å². The highest BCUT2D eigenvalue weighted by molar-refractivity contribution is 6.35. The highest BCUT2D eigenvalue weighted by Gasteiger charge is 2.26. The Hall–Kier alpha value is -2.68. The van der Waals surface area contributed by atoms with Gasteiger partial charge in [-0.3, -0.25) is 9.59 Å². The molecular formula is C24H29ClN4O4. The molecule has 2 aliphatic rings. The summed E-state index contributed by atoms with van der Waals surface area (Å²) in [6.45, 7) is 3.58. The molecule has 8 nitrogen and oxygen atoms in total. The number of rotatable bonds is 6. The second kappa shape index (κ2) is 10.5. The Labute approximate surface area is 198 Å². The summed E-state index contributed by atoms with van der Waals surface area (Å²) >= 11 is 6.43. The highest BCUT2D eigenvalue weighted by atomic mass is 35.5. The molecule has 0 unspecified atom stereocenters. The van der Waals surface area contributed by atoms with Gasteiger partial charge in [-0.1, -0.05) is 35.9 Å². The number of hydrogen-bond acceptors (Lipinski definition) is 6. The van der Waals surface area contributed by atoms with E-state index in [1.807, 2.05) is 12.1 Å². The number of amides is 2. The second-order valence-corrected chi connectivity index (χ2v) is 8.92. The summed E-state index contributed by atoms with van der Waals surface area (Å²) in [5, 5.41) is 16.9. The van der Waals surface area contributed by atoms with Gasteiger partial charge < -0.3 is 25.4 Å². The van der Waals surface area contributed by atoms with E-state index >= 15 is 0 Å². The van der Waals surface area contributed by atoms with Crippen molar-refractivity contribution in [1.82, 2.24) is 20.5 Å². The second-order valence-electron chi connectivity index (χ2n) is 8.54. The molecule has 4 rings (SSSR count). The number of likely N-dealkylation sites (tertiary alicyclic amines) is 1. The average Bonchev–Trinajstić information content (AvgIpc) is 2.83. The molecule has 3 heterocycles. The zero-order valence-electron chi connectivity index (χ0n) is 18.6. The summed E-state index contributed by atoms with van der Waals surface area (Å²) in [6, 6.07) is 9.52. The molecule has 0 saturated carbocycles. The van der Waals surface area contributed by atoms with Gasteiger partial charge >= 0.3 is 0 Å². The number of pyridine rings is 1. The van der Waals surface area contributed by atoms with Crippen LogP contribution in [0.15, 0.2) is 36.5 Å². The number of aromatic nitrogens is 1. The van der Waals surface area contributed by atoms with Crippen molar-refractivity contribution in [3.05, 3.63) is 58.2 Å². The Kier molecular flexibility index (Phi) is 7.47. The molecular weight excluding hydrogens is 444 g/mol. The number of benzene rings is 1. The summed E-state index contributed by atoms with van der Waals surface area (Å²) < 4.78 is 5.94. The predicted octanol–water partition coefficient (Wildman–Crippen LogP) is 1.93. The molecule has 9 heteroatoms. The van der Waals surface area contributed by atoms with Crippen LogP contribution in [0.2, 0.25) is 5.02 Å². The normalized spacial score (nSPS) is 19.5. The molecule has 176 valence electrons. The fraction of sp³-hybridized carbons (Fsp3) is 0.458. The van der Waals surface area contributed by atoms with Gasteiger partial charge in [0.15, 0.2) is 0 Å². The number of aliphatic hydroxyl groups is 1. The minimum Gasteiger partial charge on any atom is -0.473 e. The minimum atomic E-state index is -0.745. The van der Waals surface area contributed by atoms with E-state index in [4.69, 9.17) is 16.3 Å². The fourth-order valence-corrected chi connectivity index (χ4v) is 4.56. The van der Waals surface area contributed by atoms with Crippen molar-refractivity contribution in [2.45, 2.75) is 51.0 Å². The number of aliphatic hydroxyl groups excluding tert-OH is 1. The molecule has 2 atom stereocenters. The Morgan fingerprint density at radius 2 is 2.00 bits per heavy atom. The van der Waals surface area contributed by atoms with Gasteiger partial charge in [0.25, 0.3) is 5.91 Å². The molecule has 3 N–H and O–H groups in total. The lowest BCUT2D eigenvalue weighted by Crippen LogP contribution is -2.49. The van der Waals surface area contributed by atoms with E-state index in [1.54, 1.807) is 11.8 Å². The largest absolute Gasteiger partial charge is 0.473 e. The van der Waals surface area contributed by atoms with Crippen LogP contribution in [0.4, 0.5) is 0 Å². The molecule has 1 saturated heterocycles. The van der Waals surface area contributed by atoms with Gasteiger partial charge in [0.1, 0.15) is 11.1 Å². The van der Waals surface area contributed by atoms with E-state index in [2.05, 4.69) is 27.8 Å². The van der Waals surface area contributed by atoms with Crippen molar-refractivity contribution >= 4 is 23.4 Å². The average molecular weight is 473 g/mol. The van der Waals surface area contributed by atoms with E-state index in [0.29, 0.717) is 38.9 Å². The molecule has 1 aromatic heterocycles. The molecule has 33 heavy (non-hydrogen) atoms. The van der Waals surface area contributed by atoms with Crippen molar-refractivity contribution in [3.63, 3.8) is 0 Å². The van der Waals surface area contributed by atoms with Gasteiger partial charge in [-0.25, -0.2) is 4.98 Å². The first-order chi connectivity index (χ1) is 15.9. The number of hydrogen-bond donors (Lipinski definition) is 3. The Morgan fingerprint density at radius 1 is 1.27 bits per heavy atom. The Morgan fingerprint density at radius 3 is 2.73 bits per heavy atom. The van der Waals surface area contributed by atoms with Crippen molar-refractivity contribution in [3.8, 4) is 5.88 Å². The van der Waals surface area contributed by atoms with Crippen LogP contribution in [-0.4, -0.2) is 64.7 Å². The maximum atomic E-state index is 12.8. The highest BCUT2D eigenvalue weighted by Crippen LogP contribution is 2.28. The standard InChI is InChI=1S/C24H29ClN4O4/c1-15(30)29-10-7-18(8-11-29)33-24-22(25)19(6-9-26-24)23(32)28-14-21(31)20-12-16-4-2-3-5-17(16)13-27-20/h2-6,9,18,20-21,27,31H,7-8,10-14H2,1H3,(H,28,32)/t20-,21+/m0/s1. The van der Waals surface area contributed by atoms with Crippen molar-refractivity contribution < 1.29 is 19.4 Å². The van der Waals surface area contributed by atoms with E-state index in [9.17, 15) is 14.7 Å². The lowest BCUT2D eigenvalue weighted by Gasteiger charge is -2.31. The maximum absolute atomic E-state index is 12.8. The summed E-state index contributed by atoms with van der Waals surface area (Å²) in [4.78, 5) is 30.2. The SMILES string of the molecule is CC(=O)N1CCC(Oc2nccc(C(=O)NC[C@@H](O)[C@@H]3Cc4ccccc4CN3)c2Cl)CC1. The molecule has 2 amide bonds. The summed E-state index contributed by atoms with van der Waals surface area (Å²) in [5.74, 6) is -0.135. The van der Waals surface area contributed by atoms with Crippen LogP contribution < -0.4 is 15.4 Å². The van der Waals surface area contributed by atoms with Crippen LogP contribution >= 0.6 is 11.6 Å². The summed E-state index contributed by atoms with van der Waals surface area (Å²) in [5.41, 5.74) is 2.68. The topological polar surface area (TPSA) is 104 Å². The molecule has 0 bridgehead atoms. The summed E-state index contributed by atoms with van der Waals surface area (Å²) in [7, 11) is 0. The van der Waals surface area contributed by atoms with Crippen LogP contribution in [0.25, 0.3) is 0 Å². The van der Waals surface area contributed by atoms with Gasteiger partial charge in [0.2, 0.25) is 11.8 Å². The molecule has 0 spiro atoms. The number of halogens is 1. The zero-order valence-corrected chi connectivity index (χ0v) is 19.3. The fourth-order valence-electron chi connectivity index (χ4n) is 4.31. The molecule has 0 aliphatic carbocycles. The lowest BCUT2D eigenvalue weighted by molar-refractivity contribution is -0.130. The number of ether oxygens (including phenoxy) is 1. The number of carbonyl (C=O) groups is 2. The van der Waals surface area contributed by atoms with Crippen LogP contribution in [0.5, 0.6) is 5.88 Å². The van der Waals surface area contributed by atoms with E-state index in [-0.39, 0.29) is 41.1 Å². The molecule has 0 radical (unpaired) electrons. The number of piperidine rings is 1. The first-order valence-corrected chi connectivity index (χ1v) is 11.6. The summed E-state index contributed by atoms with van der Waals surface area (Å²) in [6.07, 6.45) is 2.67. The van der Waals surface area contributed by atoms with Gasteiger partial charge in [-0.2, -0.15) is 0 Å². The number of carbonyl (C=O) groups excluding carboxylic acids is 2. The van der Waals surface area contributed by atoms with Gasteiger partial charge in [-0.05, 0) is 23.6 Å². The first kappa shape index (κ1) is 23.5. The third-order valence-electron chi connectivity index (χ3n) is 6.32. The minimum absolute atomic E-state index is 0.0538. The Bertz CT molecular complexity index is 1010. The first-order valence-electron chi connectivity index (χ1n) is 11.3. The lowest BCUT2D eigenvalue weighted by atomic mass is 9.93. The Balaban J connectivity index is 1.32. The molecule has 1 fully saturated rings.